The second-order valence-corrected chi connectivity index (χ2v) is 5.43. The van der Waals surface area contributed by atoms with Crippen molar-refractivity contribution in [2.75, 3.05) is 20.8 Å². The fourth-order valence-corrected chi connectivity index (χ4v) is 1.84. The molecule has 0 unspecified atom stereocenters. The van der Waals surface area contributed by atoms with Crippen molar-refractivity contribution < 1.29 is 4.74 Å². The molecule has 0 aliphatic rings. The smallest absolute Gasteiger partial charge is 0.141 e. The van der Waals surface area contributed by atoms with E-state index in [1.807, 2.05) is 19.0 Å². The van der Waals surface area contributed by atoms with Crippen LogP contribution in [0.5, 0.6) is 5.75 Å². The first-order valence-corrected chi connectivity index (χ1v) is 6.33. The molecule has 0 saturated carbocycles. The molecule has 0 aliphatic heterocycles. The van der Waals surface area contributed by atoms with Crippen LogP contribution >= 0.6 is 0 Å². The lowest BCUT2D eigenvalue weighted by Gasteiger charge is -2.21. The lowest BCUT2D eigenvalue weighted by atomic mass is 9.94. The van der Waals surface area contributed by atoms with Crippen molar-refractivity contribution in [1.82, 2.24) is 4.90 Å². The highest BCUT2D eigenvalue weighted by atomic mass is 16.5. The topological polar surface area (TPSA) is 12.5 Å². The first kappa shape index (κ1) is 14.0. The summed E-state index contributed by atoms with van der Waals surface area (Å²) in [6, 6.07) is 6.47. The summed E-state index contributed by atoms with van der Waals surface area (Å²) in [5.41, 5.74) is 2.61. The molecule has 0 spiro atoms. The molecule has 0 aliphatic carbocycles. The minimum Gasteiger partial charge on any atom is -0.478 e. The summed E-state index contributed by atoms with van der Waals surface area (Å²) in [6.45, 7) is 9.47. The van der Waals surface area contributed by atoms with Gasteiger partial charge in [0.1, 0.15) is 12.5 Å². The van der Waals surface area contributed by atoms with Crippen LogP contribution in [-0.4, -0.2) is 25.7 Å². The van der Waals surface area contributed by atoms with Crippen LogP contribution < -0.4 is 4.74 Å². The molecule has 96 valence electrons. The molecule has 0 saturated heterocycles. The van der Waals surface area contributed by atoms with Crippen LogP contribution in [0.4, 0.5) is 0 Å². The molecule has 0 amide bonds. The number of benzene rings is 1. The van der Waals surface area contributed by atoms with Crippen LogP contribution in [0.2, 0.25) is 0 Å². The third-order valence-electron chi connectivity index (χ3n) is 2.79. The maximum Gasteiger partial charge on any atom is 0.141 e. The van der Waals surface area contributed by atoms with Crippen LogP contribution in [0.1, 0.15) is 50.7 Å². The van der Waals surface area contributed by atoms with E-state index < -0.39 is 0 Å². The van der Waals surface area contributed by atoms with Gasteiger partial charge in [-0.05, 0) is 37.1 Å². The summed E-state index contributed by atoms with van der Waals surface area (Å²) in [6.07, 6.45) is 0. The molecule has 2 nitrogen and oxygen atoms in total. The van der Waals surface area contributed by atoms with Crippen molar-refractivity contribution in [2.24, 2.45) is 0 Å². The number of hydrogen-bond acceptors (Lipinski definition) is 2. The first-order chi connectivity index (χ1) is 7.93. The van der Waals surface area contributed by atoms with Gasteiger partial charge in [0, 0.05) is 0 Å². The number of para-hydroxylation sites is 1. The third-order valence-corrected chi connectivity index (χ3v) is 2.79. The summed E-state index contributed by atoms with van der Waals surface area (Å²) in [7, 11) is 4.04. The molecule has 0 N–H and O–H groups in total. The second kappa shape index (κ2) is 6.06. The Morgan fingerprint density at radius 3 is 1.82 bits per heavy atom. The van der Waals surface area contributed by atoms with Crippen molar-refractivity contribution >= 4 is 0 Å². The zero-order valence-corrected chi connectivity index (χ0v) is 11.9. The number of rotatable bonds is 5. The van der Waals surface area contributed by atoms with Crippen LogP contribution in [0.15, 0.2) is 18.2 Å². The highest BCUT2D eigenvalue weighted by molar-refractivity contribution is 5.44. The van der Waals surface area contributed by atoms with E-state index in [0.29, 0.717) is 18.6 Å². The predicted octanol–water partition coefficient (Wildman–Crippen LogP) is 3.83. The fourth-order valence-electron chi connectivity index (χ4n) is 1.84. The van der Waals surface area contributed by atoms with Gasteiger partial charge in [0.05, 0.1) is 0 Å². The van der Waals surface area contributed by atoms with Crippen molar-refractivity contribution in [3.63, 3.8) is 0 Å². The van der Waals surface area contributed by atoms with Gasteiger partial charge in [0.15, 0.2) is 0 Å². The Morgan fingerprint density at radius 2 is 1.47 bits per heavy atom. The fraction of sp³-hybridized carbons (Fsp3) is 0.600. The largest absolute Gasteiger partial charge is 0.478 e. The zero-order chi connectivity index (χ0) is 13.0. The maximum absolute atomic E-state index is 5.98. The van der Waals surface area contributed by atoms with E-state index in [2.05, 4.69) is 45.9 Å². The Labute approximate surface area is 106 Å². The minimum absolute atomic E-state index is 0.492. The van der Waals surface area contributed by atoms with E-state index in [0.717, 1.165) is 5.75 Å². The SMILES string of the molecule is CC(C)c1cccc(C(C)C)c1OCN(C)C. The summed E-state index contributed by atoms with van der Waals surface area (Å²) in [4.78, 5) is 2.04. The normalized spacial score (nSPS) is 11.6. The van der Waals surface area contributed by atoms with Gasteiger partial charge < -0.3 is 4.74 Å². The van der Waals surface area contributed by atoms with E-state index in [9.17, 15) is 0 Å². The van der Waals surface area contributed by atoms with Gasteiger partial charge in [-0.3, -0.25) is 4.90 Å². The molecule has 2 heteroatoms. The number of ether oxygens (including phenoxy) is 1. The van der Waals surface area contributed by atoms with Gasteiger partial charge in [-0.25, -0.2) is 0 Å². The van der Waals surface area contributed by atoms with Gasteiger partial charge >= 0.3 is 0 Å². The first-order valence-electron chi connectivity index (χ1n) is 6.33. The average Bonchev–Trinajstić information content (AvgIpc) is 2.25. The lowest BCUT2D eigenvalue weighted by Crippen LogP contribution is -2.19. The predicted molar refractivity (Wildman–Crippen MR) is 73.8 cm³/mol. The van der Waals surface area contributed by atoms with Crippen molar-refractivity contribution in [2.45, 2.75) is 39.5 Å². The highest BCUT2D eigenvalue weighted by Gasteiger charge is 2.14. The van der Waals surface area contributed by atoms with Gasteiger partial charge in [-0.1, -0.05) is 45.9 Å². The number of nitrogens with zero attached hydrogens (tertiary/aromatic N) is 1. The Hall–Kier alpha value is -1.02. The van der Waals surface area contributed by atoms with Crippen molar-refractivity contribution in [3.05, 3.63) is 29.3 Å². The van der Waals surface area contributed by atoms with E-state index in [1.54, 1.807) is 0 Å². The molecule has 1 aromatic rings. The lowest BCUT2D eigenvalue weighted by molar-refractivity contribution is 0.175. The molecule has 0 heterocycles. The van der Waals surface area contributed by atoms with Crippen molar-refractivity contribution in [1.29, 1.82) is 0 Å². The Balaban J connectivity index is 3.09. The summed E-state index contributed by atoms with van der Waals surface area (Å²) in [5.74, 6) is 2.06. The van der Waals surface area contributed by atoms with E-state index >= 15 is 0 Å². The Bertz CT molecular complexity index is 330. The van der Waals surface area contributed by atoms with Gasteiger partial charge in [-0.15, -0.1) is 0 Å². The minimum atomic E-state index is 0.492. The van der Waals surface area contributed by atoms with Crippen molar-refractivity contribution in [3.8, 4) is 5.75 Å². The standard InChI is InChI=1S/C15H25NO/c1-11(2)13-8-7-9-14(12(3)4)15(13)17-10-16(5)6/h7-9,11-12H,10H2,1-6H3. The Morgan fingerprint density at radius 1 is 1.00 bits per heavy atom. The van der Waals surface area contributed by atoms with E-state index in [1.165, 1.54) is 11.1 Å². The molecule has 0 fully saturated rings. The Kier molecular flexibility index (Phi) is 5.01. The van der Waals surface area contributed by atoms with Gasteiger partial charge in [0.2, 0.25) is 0 Å². The van der Waals surface area contributed by atoms with E-state index in [-0.39, 0.29) is 0 Å². The maximum atomic E-state index is 5.98. The van der Waals surface area contributed by atoms with Gasteiger partial charge in [0.25, 0.3) is 0 Å². The molecule has 17 heavy (non-hydrogen) atoms. The van der Waals surface area contributed by atoms with Crippen LogP contribution in [0.3, 0.4) is 0 Å². The number of hydrogen-bond donors (Lipinski definition) is 0. The van der Waals surface area contributed by atoms with Crippen LogP contribution in [-0.2, 0) is 0 Å². The third kappa shape index (κ3) is 3.74. The second-order valence-electron chi connectivity index (χ2n) is 5.43. The van der Waals surface area contributed by atoms with Crippen LogP contribution in [0.25, 0.3) is 0 Å². The molecule has 0 radical (unpaired) electrons. The molecule has 0 aromatic heterocycles. The quantitative estimate of drug-likeness (QED) is 0.719. The zero-order valence-electron chi connectivity index (χ0n) is 11.9. The van der Waals surface area contributed by atoms with E-state index in [4.69, 9.17) is 4.74 Å². The molecule has 1 aromatic carbocycles. The molecule has 0 atom stereocenters. The van der Waals surface area contributed by atoms with Crippen LogP contribution in [0, 0.1) is 0 Å². The highest BCUT2D eigenvalue weighted by Crippen LogP contribution is 2.34. The molecule has 0 bridgehead atoms. The summed E-state index contributed by atoms with van der Waals surface area (Å²) < 4.78 is 5.98. The molecule has 1 rings (SSSR count). The monoisotopic (exact) mass is 235 g/mol. The average molecular weight is 235 g/mol. The van der Waals surface area contributed by atoms with Gasteiger partial charge in [-0.2, -0.15) is 0 Å². The summed E-state index contributed by atoms with van der Waals surface area (Å²) in [5, 5.41) is 0. The molecular formula is C15H25NO. The molecular weight excluding hydrogens is 210 g/mol. The summed E-state index contributed by atoms with van der Waals surface area (Å²) >= 11 is 0.